The van der Waals surface area contributed by atoms with Crippen LogP contribution in [0.2, 0.25) is 0 Å². The molecule has 0 aliphatic carbocycles. The molecule has 0 saturated heterocycles. The molecule has 2 aromatic rings. The number of hydrogen-bond donors (Lipinski definition) is 0. The highest BCUT2D eigenvalue weighted by molar-refractivity contribution is 5.41. The zero-order valence-electron chi connectivity index (χ0n) is 9.71. The maximum absolute atomic E-state index is 13.6. The van der Waals surface area contributed by atoms with Gasteiger partial charge in [-0.3, -0.25) is 10.1 Å². The first-order chi connectivity index (χ1) is 9.51. The first-order valence-electron chi connectivity index (χ1n) is 5.18. The van der Waals surface area contributed by atoms with Gasteiger partial charge < -0.3 is 4.74 Å². The summed E-state index contributed by atoms with van der Waals surface area (Å²) < 4.78 is 31.9. The number of nitro benzene ring substituents is 1. The topological polar surface area (TPSA) is 89.0 Å². The zero-order chi connectivity index (χ0) is 14.7. The highest BCUT2D eigenvalue weighted by Crippen LogP contribution is 2.29. The molecule has 100 valence electrons. The van der Waals surface area contributed by atoms with Crippen molar-refractivity contribution >= 4 is 5.69 Å². The smallest absolute Gasteiger partial charge is 0.307 e. The summed E-state index contributed by atoms with van der Waals surface area (Å²) >= 11 is 0. The lowest BCUT2D eigenvalue weighted by Gasteiger charge is -2.06. The summed E-state index contributed by atoms with van der Waals surface area (Å²) in [5.74, 6) is -3.03. The normalized spacial score (nSPS) is 9.85. The summed E-state index contributed by atoms with van der Waals surface area (Å²) in [6.45, 7) is 0. The Balaban J connectivity index is 2.37. The van der Waals surface area contributed by atoms with Crippen molar-refractivity contribution in [1.29, 1.82) is 5.26 Å². The fourth-order valence-corrected chi connectivity index (χ4v) is 1.38. The Labute approximate surface area is 111 Å². The quantitative estimate of drug-likeness (QED) is 0.635. The van der Waals surface area contributed by atoms with Gasteiger partial charge in [0.25, 0.3) is 0 Å². The monoisotopic (exact) mass is 277 g/mol. The van der Waals surface area contributed by atoms with E-state index in [9.17, 15) is 18.9 Å². The minimum atomic E-state index is -1.23. The Morgan fingerprint density at radius 3 is 2.70 bits per heavy atom. The van der Waals surface area contributed by atoms with Crippen LogP contribution in [0.5, 0.6) is 11.6 Å². The van der Waals surface area contributed by atoms with Crippen LogP contribution in [0, 0.1) is 33.1 Å². The van der Waals surface area contributed by atoms with E-state index in [1.54, 1.807) is 0 Å². The van der Waals surface area contributed by atoms with Crippen LogP contribution in [0.25, 0.3) is 0 Å². The number of nitriles is 1. The Morgan fingerprint density at radius 2 is 2.05 bits per heavy atom. The maximum atomic E-state index is 13.6. The number of halogens is 2. The molecule has 8 heteroatoms. The lowest BCUT2D eigenvalue weighted by molar-refractivity contribution is -0.387. The third-order valence-corrected chi connectivity index (χ3v) is 2.28. The van der Waals surface area contributed by atoms with Gasteiger partial charge in [0.1, 0.15) is 0 Å². The van der Waals surface area contributed by atoms with Gasteiger partial charge in [-0.2, -0.15) is 9.65 Å². The van der Waals surface area contributed by atoms with E-state index in [2.05, 4.69) is 4.98 Å². The van der Waals surface area contributed by atoms with Gasteiger partial charge in [-0.1, -0.05) is 0 Å². The molecule has 0 spiro atoms. The minimum absolute atomic E-state index is 0.129. The van der Waals surface area contributed by atoms with Crippen molar-refractivity contribution in [2.75, 3.05) is 0 Å². The molecule has 0 N–H and O–H groups in total. The van der Waals surface area contributed by atoms with Crippen molar-refractivity contribution in [3.8, 4) is 17.7 Å². The van der Waals surface area contributed by atoms with Gasteiger partial charge in [-0.05, 0) is 6.07 Å². The van der Waals surface area contributed by atoms with Crippen molar-refractivity contribution in [2.24, 2.45) is 0 Å². The molecule has 6 nitrogen and oxygen atoms in total. The summed E-state index contributed by atoms with van der Waals surface area (Å²) in [6.07, 6.45) is 1.26. The highest BCUT2D eigenvalue weighted by Gasteiger charge is 2.20. The van der Waals surface area contributed by atoms with Crippen molar-refractivity contribution in [3.05, 3.63) is 57.8 Å². The standard InChI is InChI=1S/C12H5F2N3O3/c13-8-5-11(9(14)4-10(8)17(18)19)20-12-3-7(6-15)1-2-16-12/h1-5H. The predicted molar refractivity (Wildman–Crippen MR) is 62.0 cm³/mol. The Hall–Kier alpha value is -3.08. The van der Waals surface area contributed by atoms with E-state index in [-0.39, 0.29) is 11.4 Å². The number of nitrogens with zero attached hydrogens (tertiary/aromatic N) is 3. The van der Waals surface area contributed by atoms with Crippen LogP contribution in [0.4, 0.5) is 14.5 Å². The second-order valence-electron chi connectivity index (χ2n) is 3.59. The molecule has 0 unspecified atom stereocenters. The van der Waals surface area contributed by atoms with Crippen molar-refractivity contribution in [3.63, 3.8) is 0 Å². The molecule has 0 fully saturated rings. The van der Waals surface area contributed by atoms with Crippen LogP contribution in [0.15, 0.2) is 30.5 Å². The molecule has 2 rings (SSSR count). The predicted octanol–water partition coefficient (Wildman–Crippen LogP) is 2.93. The molecular weight excluding hydrogens is 272 g/mol. The molecule has 0 atom stereocenters. The molecular formula is C12H5F2N3O3. The first kappa shape index (κ1) is 13.4. The van der Waals surface area contributed by atoms with Crippen molar-refractivity contribution in [2.45, 2.75) is 0 Å². The van der Waals surface area contributed by atoms with E-state index in [1.807, 2.05) is 6.07 Å². The number of hydrogen-bond acceptors (Lipinski definition) is 5. The summed E-state index contributed by atoms with van der Waals surface area (Å²) in [5.41, 5.74) is -0.772. The molecule has 1 aromatic carbocycles. The molecule has 1 aromatic heterocycles. The Morgan fingerprint density at radius 1 is 1.30 bits per heavy atom. The SMILES string of the molecule is N#Cc1ccnc(Oc2cc(F)c([N+](=O)[O-])cc2F)c1. The van der Waals surface area contributed by atoms with Crippen LogP contribution < -0.4 is 4.74 Å². The maximum Gasteiger partial charge on any atom is 0.307 e. The third-order valence-electron chi connectivity index (χ3n) is 2.28. The van der Waals surface area contributed by atoms with Crippen LogP contribution in [0.1, 0.15) is 5.56 Å². The Bertz CT molecular complexity index is 728. The van der Waals surface area contributed by atoms with Crippen LogP contribution in [0.3, 0.4) is 0 Å². The summed E-state index contributed by atoms with van der Waals surface area (Å²) in [4.78, 5) is 13.1. The van der Waals surface area contributed by atoms with E-state index in [0.29, 0.717) is 12.1 Å². The fourth-order valence-electron chi connectivity index (χ4n) is 1.38. The number of pyridine rings is 1. The summed E-state index contributed by atoms with van der Waals surface area (Å²) in [5, 5.41) is 19.1. The van der Waals surface area contributed by atoms with Gasteiger partial charge in [0.05, 0.1) is 22.6 Å². The van der Waals surface area contributed by atoms with Crippen molar-refractivity contribution in [1.82, 2.24) is 4.98 Å². The van der Waals surface area contributed by atoms with Gasteiger partial charge >= 0.3 is 5.69 Å². The Kier molecular flexibility index (Phi) is 3.52. The van der Waals surface area contributed by atoms with Gasteiger partial charge in [0.15, 0.2) is 11.6 Å². The largest absolute Gasteiger partial charge is 0.436 e. The van der Waals surface area contributed by atoms with Gasteiger partial charge in [0, 0.05) is 18.3 Å². The number of rotatable bonds is 3. The van der Waals surface area contributed by atoms with Gasteiger partial charge in [-0.25, -0.2) is 9.37 Å². The van der Waals surface area contributed by atoms with E-state index >= 15 is 0 Å². The number of nitro groups is 1. The molecule has 0 saturated carbocycles. The van der Waals surface area contributed by atoms with E-state index in [4.69, 9.17) is 10.00 Å². The number of aromatic nitrogens is 1. The fraction of sp³-hybridized carbons (Fsp3) is 0. The zero-order valence-corrected chi connectivity index (χ0v) is 9.71. The second kappa shape index (κ2) is 5.27. The molecule has 0 aliphatic heterocycles. The molecule has 0 aliphatic rings. The lowest BCUT2D eigenvalue weighted by Crippen LogP contribution is -1.97. The number of ether oxygens (including phenoxy) is 1. The van der Waals surface area contributed by atoms with Gasteiger partial charge in [-0.15, -0.1) is 0 Å². The first-order valence-corrected chi connectivity index (χ1v) is 5.18. The molecule has 20 heavy (non-hydrogen) atoms. The lowest BCUT2D eigenvalue weighted by atomic mass is 10.2. The molecule has 1 heterocycles. The van der Waals surface area contributed by atoms with Crippen LogP contribution in [-0.2, 0) is 0 Å². The number of benzene rings is 1. The minimum Gasteiger partial charge on any atom is -0.436 e. The molecule has 0 bridgehead atoms. The molecule has 0 radical (unpaired) electrons. The third kappa shape index (κ3) is 2.67. The second-order valence-corrected chi connectivity index (χ2v) is 3.59. The van der Waals surface area contributed by atoms with E-state index < -0.39 is 28.0 Å². The molecule has 0 amide bonds. The van der Waals surface area contributed by atoms with E-state index in [0.717, 1.165) is 0 Å². The average Bonchev–Trinajstić information content (AvgIpc) is 2.42. The van der Waals surface area contributed by atoms with E-state index in [1.165, 1.54) is 18.3 Å². The average molecular weight is 277 g/mol. The van der Waals surface area contributed by atoms with Crippen LogP contribution in [-0.4, -0.2) is 9.91 Å². The van der Waals surface area contributed by atoms with Gasteiger partial charge in [0.2, 0.25) is 11.7 Å². The van der Waals surface area contributed by atoms with Crippen molar-refractivity contribution < 1.29 is 18.4 Å². The summed E-state index contributed by atoms with van der Waals surface area (Å²) in [7, 11) is 0. The van der Waals surface area contributed by atoms with Crippen LogP contribution >= 0.6 is 0 Å². The highest BCUT2D eigenvalue weighted by atomic mass is 19.1. The summed E-state index contributed by atoms with van der Waals surface area (Å²) in [6, 6.07) is 5.41.